The van der Waals surface area contributed by atoms with Gasteiger partial charge in [0.25, 0.3) is 0 Å². The molecule has 0 bridgehead atoms. The molecule has 0 aromatic heterocycles. The number of hydrogen-bond donors (Lipinski definition) is 1. The van der Waals surface area contributed by atoms with Crippen molar-refractivity contribution in [3.05, 3.63) is 78.9 Å². The lowest BCUT2D eigenvalue weighted by atomic mass is 10.2. The summed E-state index contributed by atoms with van der Waals surface area (Å²) in [4.78, 5) is 3.73. The van der Waals surface area contributed by atoms with E-state index in [4.69, 9.17) is 22.4 Å². The summed E-state index contributed by atoms with van der Waals surface area (Å²) in [6.45, 7) is 12.4. The Morgan fingerprint density at radius 2 is 1.00 bits per heavy atom. The van der Waals surface area contributed by atoms with E-state index in [1.54, 1.807) is 0 Å². The summed E-state index contributed by atoms with van der Waals surface area (Å²) in [5.74, 6) is 1.79. The highest BCUT2D eigenvalue weighted by Crippen LogP contribution is 2.35. The highest BCUT2D eigenvalue weighted by atomic mass is 32.2. The van der Waals surface area contributed by atoms with E-state index < -0.39 is 15.6 Å². The molecule has 0 fully saturated rings. The monoisotopic (exact) mass is 557 g/mol. The third kappa shape index (κ3) is 10.3. The number of halogens is 3. The predicted octanol–water partition coefficient (Wildman–Crippen LogP) is 7.53. The topological polar surface area (TPSA) is 72.8 Å². The smallest absolute Gasteiger partial charge is 0.488 e. The summed E-state index contributed by atoms with van der Waals surface area (Å²) < 4.78 is 69.8. The van der Waals surface area contributed by atoms with Crippen LogP contribution in [0.4, 0.5) is 13.2 Å². The van der Waals surface area contributed by atoms with Gasteiger partial charge in [-0.15, -0.1) is 0 Å². The maximum absolute atomic E-state index is 10.7. The fraction of sp³-hybridized carbons (Fsp3) is 0.333. The first-order valence-electron chi connectivity index (χ1n) is 11.3. The summed E-state index contributed by atoms with van der Waals surface area (Å²) in [5.41, 5.74) is -6.00. The Bertz CT molecular complexity index is 1200. The van der Waals surface area contributed by atoms with Crippen LogP contribution in [0.1, 0.15) is 41.5 Å². The fourth-order valence-corrected chi connectivity index (χ4v) is 5.14. The molecule has 1 N–H and O–H groups in total. The number of ether oxygens (including phenoxy) is 2. The van der Waals surface area contributed by atoms with Gasteiger partial charge >= 0.3 is 15.6 Å². The first-order chi connectivity index (χ1) is 16.9. The lowest BCUT2D eigenvalue weighted by molar-refractivity contribution is -0.0510. The zero-order valence-corrected chi connectivity index (χ0v) is 23.2. The Balaban J connectivity index is 0.000000521. The van der Waals surface area contributed by atoms with Crippen LogP contribution in [-0.4, -0.2) is 29.7 Å². The molecule has 0 aliphatic heterocycles. The van der Waals surface area contributed by atoms with Crippen LogP contribution >= 0.6 is 0 Å². The summed E-state index contributed by atoms with van der Waals surface area (Å²) in [5, 5.41) is 0. The Kier molecular flexibility index (Phi) is 9.73. The van der Waals surface area contributed by atoms with Crippen LogP contribution in [0.5, 0.6) is 11.5 Å². The van der Waals surface area contributed by atoms with Gasteiger partial charge in [0, 0.05) is 12.1 Å². The van der Waals surface area contributed by atoms with Crippen molar-refractivity contribution < 1.29 is 35.6 Å². The van der Waals surface area contributed by atoms with Crippen molar-refractivity contribution in [1.82, 2.24) is 0 Å². The van der Waals surface area contributed by atoms with Gasteiger partial charge in [-0.1, -0.05) is 30.3 Å². The molecule has 0 aliphatic rings. The first-order valence-corrected chi connectivity index (χ1v) is 13.9. The SMILES string of the molecule is CC(C)(C)Oc1cccc([S+](c2ccccc2)c2cccc(OC(C)(C)C)c2)c1.O=S(=O)(O)C(F)(F)F. The minimum absolute atomic E-state index is 0.232. The molecule has 0 atom stereocenters. The minimum Gasteiger partial charge on any atom is -0.488 e. The molecule has 0 aliphatic carbocycles. The number of hydrogen-bond acceptors (Lipinski definition) is 4. The number of benzene rings is 3. The van der Waals surface area contributed by atoms with Gasteiger partial charge < -0.3 is 9.47 Å². The second kappa shape index (κ2) is 11.8. The van der Waals surface area contributed by atoms with Crippen molar-refractivity contribution in [2.45, 2.75) is 72.9 Å². The van der Waals surface area contributed by atoms with Crippen LogP contribution in [0.3, 0.4) is 0 Å². The minimum atomic E-state index is -5.84. The lowest BCUT2D eigenvalue weighted by Crippen LogP contribution is -2.23. The largest absolute Gasteiger partial charge is 0.522 e. The van der Waals surface area contributed by atoms with Gasteiger partial charge in [-0.05, 0) is 77.9 Å². The summed E-state index contributed by atoms with van der Waals surface area (Å²) in [6, 6.07) is 27.5. The van der Waals surface area contributed by atoms with Gasteiger partial charge in [-0.25, -0.2) is 0 Å². The zero-order chi connectivity index (χ0) is 28.1. The van der Waals surface area contributed by atoms with Crippen LogP contribution in [-0.2, 0) is 21.0 Å². The van der Waals surface area contributed by atoms with E-state index >= 15 is 0 Å². The standard InChI is InChI=1S/C26H31O2S.CHF3O3S/c1-25(2,3)27-20-12-10-16-23(18-20)29(22-14-8-7-9-15-22)24-17-11-13-21(19-24)28-26(4,5)6;2-1(3,4)8(5,6)7/h7-19H,1-6H3;(H,5,6,7)/q+1;. The van der Waals surface area contributed by atoms with E-state index in [1.165, 1.54) is 14.7 Å². The van der Waals surface area contributed by atoms with Crippen LogP contribution in [0.15, 0.2) is 93.5 Å². The van der Waals surface area contributed by atoms with Crippen molar-refractivity contribution >= 4 is 21.0 Å². The average molecular weight is 558 g/mol. The lowest BCUT2D eigenvalue weighted by Gasteiger charge is -2.22. The molecular formula is C27H32F3O5S2+. The molecule has 10 heteroatoms. The molecule has 0 heterocycles. The second-order valence-electron chi connectivity index (χ2n) is 9.92. The zero-order valence-electron chi connectivity index (χ0n) is 21.5. The maximum atomic E-state index is 10.7. The van der Waals surface area contributed by atoms with E-state index in [0.29, 0.717) is 0 Å². The molecule has 0 radical (unpaired) electrons. The molecule has 0 unspecified atom stereocenters. The van der Waals surface area contributed by atoms with Crippen molar-refractivity contribution in [2.75, 3.05) is 0 Å². The highest BCUT2D eigenvalue weighted by Gasteiger charge is 2.44. The Hall–Kier alpha value is -2.69. The molecule has 3 rings (SSSR count). The number of rotatable bonds is 5. The van der Waals surface area contributed by atoms with Crippen molar-refractivity contribution in [2.24, 2.45) is 0 Å². The molecule has 0 saturated carbocycles. The summed E-state index contributed by atoms with van der Waals surface area (Å²) in [6.07, 6.45) is 0. The molecule has 202 valence electrons. The van der Waals surface area contributed by atoms with E-state index in [2.05, 4.69) is 108 Å². The normalized spacial score (nSPS) is 12.5. The van der Waals surface area contributed by atoms with Gasteiger partial charge in [-0.2, -0.15) is 21.6 Å². The van der Waals surface area contributed by atoms with Gasteiger partial charge in [0.05, 0.1) is 10.9 Å². The van der Waals surface area contributed by atoms with Crippen LogP contribution < -0.4 is 9.47 Å². The Morgan fingerprint density at radius 1 is 0.649 bits per heavy atom. The first kappa shape index (κ1) is 30.5. The molecule has 0 saturated heterocycles. The molecule has 5 nitrogen and oxygen atoms in total. The van der Waals surface area contributed by atoms with Gasteiger partial charge in [0.15, 0.2) is 14.7 Å². The van der Waals surface area contributed by atoms with Crippen LogP contribution in [0, 0.1) is 0 Å². The quantitative estimate of drug-likeness (QED) is 0.199. The highest BCUT2D eigenvalue weighted by molar-refractivity contribution is 7.97. The third-order valence-electron chi connectivity index (χ3n) is 4.20. The predicted molar refractivity (Wildman–Crippen MR) is 140 cm³/mol. The van der Waals surface area contributed by atoms with Crippen molar-refractivity contribution in [3.63, 3.8) is 0 Å². The summed E-state index contributed by atoms with van der Waals surface area (Å²) >= 11 is 0. The van der Waals surface area contributed by atoms with E-state index in [-0.39, 0.29) is 22.1 Å². The number of alkyl halides is 3. The van der Waals surface area contributed by atoms with Gasteiger partial charge in [-0.3, -0.25) is 4.55 Å². The van der Waals surface area contributed by atoms with Crippen molar-refractivity contribution in [1.29, 1.82) is 0 Å². The third-order valence-corrected chi connectivity index (χ3v) is 6.98. The maximum Gasteiger partial charge on any atom is 0.522 e. The van der Waals surface area contributed by atoms with Gasteiger partial charge in [0.1, 0.15) is 22.7 Å². The summed E-state index contributed by atoms with van der Waals surface area (Å²) in [7, 11) is -6.09. The Morgan fingerprint density at radius 3 is 1.32 bits per heavy atom. The molecule has 3 aromatic carbocycles. The van der Waals surface area contributed by atoms with Crippen LogP contribution in [0.2, 0.25) is 0 Å². The van der Waals surface area contributed by atoms with E-state index in [0.717, 1.165) is 11.5 Å². The van der Waals surface area contributed by atoms with Gasteiger partial charge in [0.2, 0.25) is 0 Å². The Labute approximate surface area is 219 Å². The molecule has 0 amide bonds. The van der Waals surface area contributed by atoms with Crippen molar-refractivity contribution in [3.8, 4) is 11.5 Å². The van der Waals surface area contributed by atoms with E-state index in [9.17, 15) is 13.2 Å². The fourth-order valence-electron chi connectivity index (χ4n) is 3.00. The van der Waals surface area contributed by atoms with E-state index in [1.807, 2.05) is 12.1 Å². The molecular weight excluding hydrogens is 525 g/mol. The van der Waals surface area contributed by atoms with Crippen LogP contribution in [0.25, 0.3) is 0 Å². The molecule has 0 spiro atoms. The second-order valence-corrected chi connectivity index (χ2v) is 13.4. The molecule has 37 heavy (non-hydrogen) atoms. The molecule has 3 aromatic rings. The average Bonchev–Trinajstić information content (AvgIpc) is 2.72.